The predicted octanol–water partition coefficient (Wildman–Crippen LogP) is 2.61. The molecule has 4 nitrogen and oxygen atoms in total. The van der Waals surface area contributed by atoms with Gasteiger partial charge in [-0.15, -0.1) is 0 Å². The van der Waals surface area contributed by atoms with Crippen LogP contribution in [0.2, 0.25) is 0 Å². The molecule has 0 aromatic heterocycles. The van der Waals surface area contributed by atoms with E-state index in [0.717, 1.165) is 0 Å². The number of hydrogen-bond donors (Lipinski definition) is 0. The van der Waals surface area contributed by atoms with Crippen molar-refractivity contribution in [2.45, 2.75) is 39.4 Å². The number of carbonyl (C=O) groups is 2. The summed E-state index contributed by atoms with van der Waals surface area (Å²) in [5, 5.41) is 0. The Morgan fingerprint density at radius 3 is 2.33 bits per heavy atom. The van der Waals surface area contributed by atoms with Crippen LogP contribution in [0.4, 0.5) is 0 Å². The molecule has 1 aromatic carbocycles. The molecule has 0 saturated carbocycles. The summed E-state index contributed by atoms with van der Waals surface area (Å²) < 4.78 is 17.6. The van der Waals surface area contributed by atoms with E-state index in [9.17, 15) is 9.59 Å². The summed E-state index contributed by atoms with van der Waals surface area (Å²) in [5.74, 6) is -0.0150. The molecule has 0 aliphatic heterocycles. The van der Waals surface area contributed by atoms with Gasteiger partial charge in [0.25, 0.3) is 0 Å². The molecular weight excluding hydrogens is 233 g/mol. The van der Waals surface area contributed by atoms with E-state index in [-0.39, 0.29) is 11.7 Å². The van der Waals surface area contributed by atoms with E-state index >= 15 is 0 Å². The first kappa shape index (κ1) is 12.6. The van der Waals surface area contributed by atoms with Crippen molar-refractivity contribution in [3.8, 4) is 5.75 Å². The molecular formula is C14H18O4. The van der Waals surface area contributed by atoms with Crippen LogP contribution in [0.25, 0.3) is 0 Å². The molecule has 1 aromatic rings. The number of carbonyl (C=O) groups excluding carboxylic acids is 2. The smallest absolute Gasteiger partial charge is 0.350 e. The van der Waals surface area contributed by atoms with Gasteiger partial charge in [-0.25, -0.2) is 4.79 Å². The maximum absolute atomic E-state index is 11.8. The minimum absolute atomic E-state index is 0.210. The summed E-state index contributed by atoms with van der Waals surface area (Å²) in [4.78, 5) is 22.6. The predicted molar refractivity (Wildman–Crippen MR) is 67.8 cm³/mol. The molecule has 0 unspecified atom stereocenters. The Kier molecular flexibility index (Phi) is 3.97. The quantitative estimate of drug-likeness (QED) is 0.459. The van der Waals surface area contributed by atoms with Gasteiger partial charge in [-0.1, -0.05) is 0 Å². The molecule has 1 rings (SSSR count). The Bertz CT molecular complexity index is 463. The molecule has 0 aliphatic rings. The zero-order valence-electron chi connectivity index (χ0n) is 12.0. The molecule has 0 fully saturated rings. The minimum atomic E-state index is -1.11. The van der Waals surface area contributed by atoms with Gasteiger partial charge in [0.1, 0.15) is 13.4 Å². The van der Waals surface area contributed by atoms with Gasteiger partial charge in [0.05, 0.1) is 6.10 Å². The van der Waals surface area contributed by atoms with Crippen LogP contribution in [0, 0.1) is 0 Å². The van der Waals surface area contributed by atoms with Crippen LogP contribution in [0.5, 0.6) is 5.75 Å². The Morgan fingerprint density at radius 1 is 1.33 bits per heavy atom. The number of aldehydes is 1. The summed E-state index contributed by atoms with van der Waals surface area (Å²) in [6, 6.07) is 6.06. The number of esters is 1. The first-order valence-corrected chi connectivity index (χ1v) is 5.73. The first-order valence-electron chi connectivity index (χ1n) is 6.23. The average Bonchev–Trinajstić information content (AvgIpc) is 2.28. The lowest BCUT2D eigenvalue weighted by atomic mass is 10.1. The van der Waals surface area contributed by atoms with Crippen molar-refractivity contribution in [3.05, 3.63) is 29.8 Å². The van der Waals surface area contributed by atoms with Crippen LogP contribution in [-0.2, 0) is 9.53 Å². The minimum Gasteiger partial charge on any atom is -0.476 e. The van der Waals surface area contributed by atoms with Crippen LogP contribution in [0.1, 0.15) is 39.4 Å². The zero-order valence-corrected chi connectivity index (χ0v) is 11.0. The number of rotatable bonds is 5. The molecule has 0 bridgehead atoms. The van der Waals surface area contributed by atoms with Crippen LogP contribution in [-0.4, -0.2) is 23.9 Å². The average molecular weight is 252 g/mol. The van der Waals surface area contributed by atoms with E-state index in [1.807, 2.05) is 0 Å². The monoisotopic (exact) mass is 252 g/mol. The highest BCUT2D eigenvalue weighted by molar-refractivity contribution is 5.79. The third-order valence-corrected chi connectivity index (χ3v) is 2.18. The Balaban J connectivity index is 2.77. The highest BCUT2D eigenvalue weighted by Crippen LogP contribution is 2.20. The summed E-state index contributed by atoms with van der Waals surface area (Å²) in [7, 11) is 0. The third-order valence-electron chi connectivity index (χ3n) is 2.18. The first-order chi connectivity index (χ1) is 8.72. The van der Waals surface area contributed by atoms with Crippen LogP contribution in [0.15, 0.2) is 24.3 Å². The summed E-state index contributed by atoms with van der Waals surface area (Å²) in [5.41, 5.74) is -0.841. The lowest BCUT2D eigenvalue weighted by molar-refractivity contribution is -0.163. The maximum atomic E-state index is 11.8. The fraction of sp³-hybridized carbons (Fsp3) is 0.429. The second kappa shape index (κ2) is 5.67. The molecule has 0 saturated heterocycles. The molecule has 0 spiro atoms. The van der Waals surface area contributed by atoms with Gasteiger partial charge in [0.2, 0.25) is 0 Å². The Hall–Kier alpha value is -1.84. The van der Waals surface area contributed by atoms with E-state index in [4.69, 9.17) is 10.8 Å². The van der Waals surface area contributed by atoms with Crippen LogP contribution >= 0.6 is 0 Å². The number of benzene rings is 1. The van der Waals surface area contributed by atoms with Gasteiger partial charge >= 0.3 is 5.97 Å². The second-order valence-electron chi connectivity index (χ2n) is 4.69. The molecule has 0 N–H and O–H groups in total. The summed E-state index contributed by atoms with van der Waals surface area (Å²) in [6.45, 7) is 6.76. The van der Waals surface area contributed by atoms with E-state index in [2.05, 4.69) is 0 Å². The molecule has 98 valence electrons. The number of hydrogen-bond acceptors (Lipinski definition) is 4. The summed E-state index contributed by atoms with van der Waals surface area (Å²) in [6.07, 6.45) is -0.969. The zero-order chi connectivity index (χ0) is 14.6. The van der Waals surface area contributed by atoms with Crippen LogP contribution < -0.4 is 4.74 Å². The lowest BCUT2D eigenvalue weighted by Crippen LogP contribution is -2.40. The molecule has 18 heavy (non-hydrogen) atoms. The highest BCUT2D eigenvalue weighted by Gasteiger charge is 2.32. The van der Waals surface area contributed by atoms with Crippen molar-refractivity contribution >= 4 is 12.2 Å². The van der Waals surface area contributed by atoms with Gasteiger partial charge in [-0.05, 0) is 52.0 Å². The Morgan fingerprint density at radius 2 is 1.89 bits per heavy atom. The van der Waals surface area contributed by atoms with Crippen molar-refractivity contribution < 1.29 is 20.4 Å². The normalized spacial score (nSPS) is 11.9. The third kappa shape index (κ3) is 3.87. The molecule has 0 amide bonds. The maximum Gasteiger partial charge on any atom is 0.350 e. The molecule has 0 atom stereocenters. The van der Waals surface area contributed by atoms with Gasteiger partial charge in [0, 0.05) is 5.56 Å². The highest BCUT2D eigenvalue weighted by atomic mass is 16.6. The second-order valence-corrected chi connectivity index (χ2v) is 4.69. The van der Waals surface area contributed by atoms with E-state index in [1.54, 1.807) is 39.8 Å². The van der Waals surface area contributed by atoms with Crippen molar-refractivity contribution in [3.63, 3.8) is 0 Å². The summed E-state index contributed by atoms with van der Waals surface area (Å²) >= 11 is 0. The molecule has 0 aliphatic carbocycles. The van der Waals surface area contributed by atoms with Crippen molar-refractivity contribution in [2.75, 3.05) is 0 Å². The largest absolute Gasteiger partial charge is 0.476 e. The molecule has 0 radical (unpaired) electrons. The van der Waals surface area contributed by atoms with E-state index in [0.29, 0.717) is 5.75 Å². The molecule has 0 heterocycles. The van der Waals surface area contributed by atoms with Gasteiger partial charge in [-0.3, -0.25) is 4.79 Å². The fourth-order valence-corrected chi connectivity index (χ4v) is 1.28. The number of ether oxygens (including phenoxy) is 2. The fourth-order valence-electron chi connectivity index (χ4n) is 1.28. The van der Waals surface area contributed by atoms with Crippen LogP contribution in [0.3, 0.4) is 0 Å². The SMILES string of the molecule is [2H][13C](=O)c1ccc(OC(C)(C)C(=O)OC(C)C)cc1. The van der Waals surface area contributed by atoms with E-state index < -0.39 is 17.8 Å². The van der Waals surface area contributed by atoms with Crippen molar-refractivity contribution in [1.82, 2.24) is 0 Å². The Labute approximate surface area is 108 Å². The van der Waals surface area contributed by atoms with Gasteiger partial charge in [-0.2, -0.15) is 0 Å². The lowest BCUT2D eigenvalue weighted by Gasteiger charge is -2.25. The van der Waals surface area contributed by atoms with Crippen molar-refractivity contribution in [1.29, 1.82) is 0 Å². The molecule has 4 heteroatoms. The van der Waals surface area contributed by atoms with Gasteiger partial charge < -0.3 is 9.47 Å². The standard InChI is InChI=1S/C14H18O4/c1-10(2)17-13(16)14(3,4)18-12-7-5-11(9-15)6-8-12/h5-10H,1-4H3/i9+1D. The topological polar surface area (TPSA) is 52.6 Å². The van der Waals surface area contributed by atoms with E-state index in [1.165, 1.54) is 12.1 Å². The van der Waals surface area contributed by atoms with Crippen molar-refractivity contribution in [2.24, 2.45) is 0 Å². The van der Waals surface area contributed by atoms with Gasteiger partial charge in [0.15, 0.2) is 5.60 Å².